The summed E-state index contributed by atoms with van der Waals surface area (Å²) in [5.41, 5.74) is -0.0778. The maximum Gasteiger partial charge on any atom is 0.248 e. The van der Waals surface area contributed by atoms with E-state index in [9.17, 15) is 13.6 Å². The van der Waals surface area contributed by atoms with Gasteiger partial charge in [0.05, 0.1) is 0 Å². The molecular weight excluding hydrogens is 316 g/mol. The standard InChI is InChI=1S/C17H21F2N3O2/c1-10(15-21-16(22-24-15)17(2,3)4)20-13(23)9-8-11-6-5-7-12(18)14(11)19/h5-7,10H,8-9H2,1-4H3,(H,20,23)/t10-/m1/s1. The molecule has 0 saturated heterocycles. The van der Waals surface area contributed by atoms with Crippen LogP contribution in [0.2, 0.25) is 0 Å². The number of carbonyl (C=O) groups is 1. The average Bonchev–Trinajstić information content (AvgIpc) is 2.99. The molecule has 0 aliphatic carbocycles. The highest BCUT2D eigenvalue weighted by atomic mass is 19.2. The van der Waals surface area contributed by atoms with Crippen LogP contribution in [0.1, 0.15) is 57.4 Å². The molecule has 130 valence electrons. The monoisotopic (exact) mass is 337 g/mol. The van der Waals surface area contributed by atoms with Crippen molar-refractivity contribution in [1.82, 2.24) is 15.5 Å². The minimum absolute atomic E-state index is 0.0327. The minimum Gasteiger partial charge on any atom is -0.345 e. The molecule has 0 radical (unpaired) electrons. The Kier molecular flexibility index (Phi) is 5.31. The van der Waals surface area contributed by atoms with Crippen LogP contribution in [0.5, 0.6) is 0 Å². The van der Waals surface area contributed by atoms with Gasteiger partial charge in [0.2, 0.25) is 11.8 Å². The normalized spacial score (nSPS) is 12.9. The van der Waals surface area contributed by atoms with E-state index in [2.05, 4.69) is 15.5 Å². The molecule has 1 amide bonds. The van der Waals surface area contributed by atoms with E-state index in [4.69, 9.17) is 4.52 Å². The zero-order valence-electron chi connectivity index (χ0n) is 14.2. The van der Waals surface area contributed by atoms with Crippen molar-refractivity contribution in [2.45, 2.75) is 52.0 Å². The molecule has 1 aromatic carbocycles. The first-order valence-corrected chi connectivity index (χ1v) is 7.75. The van der Waals surface area contributed by atoms with E-state index in [-0.39, 0.29) is 29.7 Å². The second kappa shape index (κ2) is 7.07. The molecular formula is C17H21F2N3O2. The molecule has 0 bridgehead atoms. The Morgan fingerprint density at radius 1 is 1.33 bits per heavy atom. The van der Waals surface area contributed by atoms with E-state index in [1.807, 2.05) is 20.8 Å². The fraction of sp³-hybridized carbons (Fsp3) is 0.471. The van der Waals surface area contributed by atoms with Crippen molar-refractivity contribution in [2.24, 2.45) is 0 Å². The van der Waals surface area contributed by atoms with Crippen LogP contribution >= 0.6 is 0 Å². The van der Waals surface area contributed by atoms with Crippen molar-refractivity contribution >= 4 is 5.91 Å². The fourth-order valence-corrected chi connectivity index (χ4v) is 2.08. The number of hydrogen-bond acceptors (Lipinski definition) is 4. The minimum atomic E-state index is -0.915. The summed E-state index contributed by atoms with van der Waals surface area (Å²) in [4.78, 5) is 16.3. The number of rotatable bonds is 5. The van der Waals surface area contributed by atoms with E-state index >= 15 is 0 Å². The Balaban J connectivity index is 1.92. The molecule has 2 rings (SSSR count). The van der Waals surface area contributed by atoms with Gasteiger partial charge in [-0.25, -0.2) is 8.78 Å². The van der Waals surface area contributed by atoms with Gasteiger partial charge in [-0.2, -0.15) is 4.98 Å². The van der Waals surface area contributed by atoms with Gasteiger partial charge in [-0.05, 0) is 25.0 Å². The van der Waals surface area contributed by atoms with Crippen molar-refractivity contribution in [2.75, 3.05) is 0 Å². The average molecular weight is 337 g/mol. The van der Waals surface area contributed by atoms with Crippen LogP contribution in [-0.4, -0.2) is 16.0 Å². The number of nitrogens with one attached hydrogen (secondary N) is 1. The summed E-state index contributed by atoms with van der Waals surface area (Å²) in [5.74, 6) is -1.26. The number of nitrogens with zero attached hydrogens (tertiary/aromatic N) is 2. The number of carbonyl (C=O) groups excluding carboxylic acids is 1. The quantitative estimate of drug-likeness (QED) is 0.907. The molecule has 1 atom stereocenters. The van der Waals surface area contributed by atoms with E-state index in [1.54, 1.807) is 6.92 Å². The van der Waals surface area contributed by atoms with Crippen molar-refractivity contribution in [1.29, 1.82) is 0 Å². The highest BCUT2D eigenvalue weighted by Gasteiger charge is 2.23. The molecule has 7 heteroatoms. The van der Waals surface area contributed by atoms with Gasteiger partial charge in [-0.1, -0.05) is 38.1 Å². The van der Waals surface area contributed by atoms with Crippen molar-refractivity contribution in [3.05, 3.63) is 47.1 Å². The summed E-state index contributed by atoms with van der Waals surface area (Å²) in [5, 5.41) is 6.62. The van der Waals surface area contributed by atoms with Gasteiger partial charge in [0.1, 0.15) is 6.04 Å². The fourth-order valence-electron chi connectivity index (χ4n) is 2.08. The number of aryl methyl sites for hydroxylation is 1. The molecule has 0 fully saturated rings. The highest BCUT2D eigenvalue weighted by Crippen LogP contribution is 2.21. The van der Waals surface area contributed by atoms with E-state index in [0.29, 0.717) is 11.7 Å². The predicted molar refractivity (Wildman–Crippen MR) is 84.2 cm³/mol. The second-order valence-corrected chi connectivity index (χ2v) is 6.71. The van der Waals surface area contributed by atoms with E-state index in [0.717, 1.165) is 6.07 Å². The number of benzene rings is 1. The molecule has 0 saturated carbocycles. The summed E-state index contributed by atoms with van der Waals surface area (Å²) in [6.07, 6.45) is 0.143. The van der Waals surface area contributed by atoms with Crippen molar-refractivity contribution in [3.63, 3.8) is 0 Å². The lowest BCUT2D eigenvalue weighted by Crippen LogP contribution is -2.27. The van der Waals surface area contributed by atoms with Crippen LogP contribution in [0.25, 0.3) is 0 Å². The van der Waals surface area contributed by atoms with Gasteiger partial charge in [0.25, 0.3) is 0 Å². The highest BCUT2D eigenvalue weighted by molar-refractivity contribution is 5.76. The first-order valence-electron chi connectivity index (χ1n) is 7.75. The van der Waals surface area contributed by atoms with Crippen LogP contribution in [0.15, 0.2) is 22.7 Å². The summed E-state index contributed by atoms with van der Waals surface area (Å²) in [6.45, 7) is 7.59. The van der Waals surface area contributed by atoms with Crippen molar-refractivity contribution in [3.8, 4) is 0 Å². The Bertz CT molecular complexity index is 723. The first-order chi connectivity index (χ1) is 11.2. The molecule has 1 N–H and O–H groups in total. The molecule has 1 heterocycles. The largest absolute Gasteiger partial charge is 0.345 e. The smallest absolute Gasteiger partial charge is 0.248 e. The molecule has 0 unspecified atom stereocenters. The summed E-state index contributed by atoms with van der Waals surface area (Å²) in [7, 11) is 0. The predicted octanol–water partition coefficient (Wildman–Crippen LogP) is 3.46. The number of halogens is 2. The van der Waals surface area contributed by atoms with Crippen LogP contribution in [0.3, 0.4) is 0 Å². The first kappa shape index (κ1) is 18.0. The van der Waals surface area contributed by atoms with Gasteiger partial charge < -0.3 is 9.84 Å². The Morgan fingerprint density at radius 3 is 2.67 bits per heavy atom. The van der Waals surface area contributed by atoms with Gasteiger partial charge in [0, 0.05) is 11.8 Å². The summed E-state index contributed by atoms with van der Waals surface area (Å²) < 4.78 is 31.9. The van der Waals surface area contributed by atoms with E-state index in [1.165, 1.54) is 12.1 Å². The van der Waals surface area contributed by atoms with Crippen molar-refractivity contribution < 1.29 is 18.1 Å². The lowest BCUT2D eigenvalue weighted by atomic mass is 9.96. The molecule has 0 spiro atoms. The third-order valence-electron chi connectivity index (χ3n) is 3.51. The van der Waals surface area contributed by atoms with Gasteiger partial charge in [-0.3, -0.25) is 4.79 Å². The lowest BCUT2D eigenvalue weighted by Gasteiger charge is -2.12. The third kappa shape index (κ3) is 4.37. The molecule has 0 aliphatic heterocycles. The second-order valence-electron chi connectivity index (χ2n) is 6.71. The van der Waals surface area contributed by atoms with Crippen LogP contribution < -0.4 is 5.32 Å². The maximum absolute atomic E-state index is 13.6. The van der Waals surface area contributed by atoms with Gasteiger partial charge in [-0.15, -0.1) is 0 Å². The van der Waals surface area contributed by atoms with Crippen LogP contribution in [-0.2, 0) is 16.6 Å². The molecule has 24 heavy (non-hydrogen) atoms. The maximum atomic E-state index is 13.6. The Morgan fingerprint density at radius 2 is 2.04 bits per heavy atom. The number of hydrogen-bond donors (Lipinski definition) is 1. The summed E-state index contributed by atoms with van der Waals surface area (Å²) in [6, 6.07) is 3.46. The van der Waals surface area contributed by atoms with Gasteiger partial charge in [0.15, 0.2) is 17.5 Å². The van der Waals surface area contributed by atoms with Crippen LogP contribution in [0, 0.1) is 11.6 Å². The van der Waals surface area contributed by atoms with Crippen LogP contribution in [0.4, 0.5) is 8.78 Å². The zero-order chi connectivity index (χ0) is 17.9. The molecule has 5 nitrogen and oxygen atoms in total. The molecule has 2 aromatic rings. The van der Waals surface area contributed by atoms with Gasteiger partial charge >= 0.3 is 0 Å². The molecule has 1 aromatic heterocycles. The summed E-state index contributed by atoms with van der Waals surface area (Å²) >= 11 is 0. The SMILES string of the molecule is C[C@@H](NC(=O)CCc1cccc(F)c1F)c1nc(C(C)(C)C)no1. The number of aromatic nitrogens is 2. The third-order valence-corrected chi connectivity index (χ3v) is 3.51. The topological polar surface area (TPSA) is 68.0 Å². The Hall–Kier alpha value is -2.31. The Labute approximate surface area is 139 Å². The molecule has 0 aliphatic rings. The zero-order valence-corrected chi connectivity index (χ0v) is 14.2. The number of amides is 1. The lowest BCUT2D eigenvalue weighted by molar-refractivity contribution is -0.121. The van der Waals surface area contributed by atoms with E-state index < -0.39 is 17.7 Å².